The lowest BCUT2D eigenvalue weighted by atomic mass is 10.1. The molecule has 0 amide bonds. The second-order valence-corrected chi connectivity index (χ2v) is 5.38. The quantitative estimate of drug-likeness (QED) is 0.797. The van der Waals surface area contributed by atoms with E-state index in [1.54, 1.807) is 0 Å². The Hall–Kier alpha value is -1.05. The van der Waals surface area contributed by atoms with Gasteiger partial charge in [-0.25, -0.2) is 0 Å². The molecule has 1 aliphatic rings. The Morgan fingerprint density at radius 3 is 2.82 bits per heavy atom. The van der Waals surface area contributed by atoms with Gasteiger partial charge in [-0.3, -0.25) is 0 Å². The van der Waals surface area contributed by atoms with Crippen LogP contribution in [0, 0.1) is 11.3 Å². The van der Waals surface area contributed by atoms with Gasteiger partial charge in [-0.2, -0.15) is 5.26 Å². The Labute approximate surface area is 111 Å². The molecule has 0 spiro atoms. The van der Waals surface area contributed by atoms with Gasteiger partial charge in [0.2, 0.25) is 0 Å². The summed E-state index contributed by atoms with van der Waals surface area (Å²) in [4.78, 5) is 4.65. The fraction of sp³-hybridized carbons (Fsp3) is 0.462. The molecule has 1 atom stereocenters. The Morgan fingerprint density at radius 1 is 1.41 bits per heavy atom. The van der Waals surface area contributed by atoms with Crippen LogP contribution >= 0.6 is 15.9 Å². The van der Waals surface area contributed by atoms with Gasteiger partial charge in [0.25, 0.3) is 0 Å². The van der Waals surface area contributed by atoms with Crippen molar-refractivity contribution in [3.63, 3.8) is 0 Å². The van der Waals surface area contributed by atoms with E-state index >= 15 is 0 Å². The Kier molecular flexibility index (Phi) is 3.70. The van der Waals surface area contributed by atoms with Crippen molar-refractivity contribution in [2.75, 3.05) is 31.6 Å². The summed E-state index contributed by atoms with van der Waals surface area (Å²) in [6.45, 7) is 5.21. The number of halogens is 1. The minimum absolute atomic E-state index is 0.522. The van der Waals surface area contributed by atoms with E-state index in [2.05, 4.69) is 45.8 Å². The Bertz CT molecular complexity index is 452. The van der Waals surface area contributed by atoms with E-state index in [0.717, 1.165) is 35.4 Å². The first-order valence-electron chi connectivity index (χ1n) is 5.77. The normalized spacial score (nSPS) is 21.3. The molecule has 0 radical (unpaired) electrons. The molecule has 1 heterocycles. The second-order valence-electron chi connectivity index (χ2n) is 4.52. The molecule has 0 bridgehead atoms. The SMILES string of the molecule is CC1CN(c2cccc(Br)c2C#N)CCN1C. The predicted octanol–water partition coefficient (Wildman–Crippen LogP) is 2.46. The summed E-state index contributed by atoms with van der Waals surface area (Å²) < 4.78 is 0.879. The van der Waals surface area contributed by atoms with Gasteiger partial charge < -0.3 is 9.80 Å². The maximum Gasteiger partial charge on any atom is 0.103 e. The Morgan fingerprint density at radius 2 is 2.18 bits per heavy atom. The van der Waals surface area contributed by atoms with Crippen LogP contribution in [0.25, 0.3) is 0 Å². The fourth-order valence-electron chi connectivity index (χ4n) is 2.15. The standard InChI is InChI=1S/C13H16BrN3/c1-10-9-17(7-6-16(10)2)13-5-3-4-12(14)11(13)8-15/h3-5,10H,6-7,9H2,1-2H3. The zero-order valence-corrected chi connectivity index (χ0v) is 11.7. The minimum atomic E-state index is 0.522. The number of nitriles is 1. The minimum Gasteiger partial charge on any atom is -0.368 e. The van der Waals surface area contributed by atoms with Gasteiger partial charge in [-0.05, 0) is 42.0 Å². The van der Waals surface area contributed by atoms with E-state index in [1.807, 2.05) is 18.2 Å². The third-order valence-corrected chi connectivity index (χ3v) is 4.06. The van der Waals surface area contributed by atoms with Crippen LogP contribution in [-0.4, -0.2) is 37.6 Å². The van der Waals surface area contributed by atoms with Crippen LogP contribution < -0.4 is 4.90 Å². The average molecular weight is 294 g/mol. The molecule has 1 saturated heterocycles. The summed E-state index contributed by atoms with van der Waals surface area (Å²) in [7, 11) is 2.15. The molecule has 3 nitrogen and oxygen atoms in total. The van der Waals surface area contributed by atoms with E-state index in [0.29, 0.717) is 6.04 Å². The third-order valence-electron chi connectivity index (χ3n) is 3.40. The van der Waals surface area contributed by atoms with Crippen molar-refractivity contribution in [1.29, 1.82) is 5.26 Å². The fourth-order valence-corrected chi connectivity index (χ4v) is 2.60. The number of rotatable bonds is 1. The Balaban J connectivity index is 2.29. The topological polar surface area (TPSA) is 30.3 Å². The van der Waals surface area contributed by atoms with Crippen LogP contribution in [0.15, 0.2) is 22.7 Å². The van der Waals surface area contributed by atoms with Crippen LogP contribution in [0.4, 0.5) is 5.69 Å². The lowest BCUT2D eigenvalue weighted by Crippen LogP contribution is -2.50. The molecule has 1 aromatic rings. The van der Waals surface area contributed by atoms with Crippen molar-refractivity contribution >= 4 is 21.6 Å². The van der Waals surface area contributed by atoms with E-state index in [1.165, 1.54) is 0 Å². The highest BCUT2D eigenvalue weighted by Crippen LogP contribution is 2.28. The molecule has 1 fully saturated rings. The highest BCUT2D eigenvalue weighted by Gasteiger charge is 2.22. The molecule has 1 aromatic carbocycles. The maximum absolute atomic E-state index is 9.23. The highest BCUT2D eigenvalue weighted by molar-refractivity contribution is 9.10. The number of hydrogen-bond donors (Lipinski definition) is 0. The van der Waals surface area contributed by atoms with Gasteiger partial charge in [0.05, 0.1) is 11.3 Å². The number of benzene rings is 1. The number of nitrogens with zero attached hydrogens (tertiary/aromatic N) is 3. The molecule has 2 rings (SSSR count). The molecule has 4 heteroatoms. The molecule has 0 N–H and O–H groups in total. The summed E-state index contributed by atoms with van der Waals surface area (Å²) in [6.07, 6.45) is 0. The third kappa shape index (κ3) is 2.46. The van der Waals surface area contributed by atoms with Gasteiger partial charge in [-0.15, -0.1) is 0 Å². The number of anilines is 1. The summed E-state index contributed by atoms with van der Waals surface area (Å²) in [5, 5.41) is 9.23. The smallest absolute Gasteiger partial charge is 0.103 e. The summed E-state index contributed by atoms with van der Waals surface area (Å²) in [5.41, 5.74) is 1.78. The molecular formula is C13H16BrN3. The number of hydrogen-bond acceptors (Lipinski definition) is 3. The summed E-state index contributed by atoms with van der Waals surface area (Å²) >= 11 is 3.44. The average Bonchev–Trinajstić information content (AvgIpc) is 2.32. The number of likely N-dealkylation sites (N-methyl/N-ethyl adjacent to an activating group) is 1. The molecular weight excluding hydrogens is 278 g/mol. The summed E-state index contributed by atoms with van der Waals surface area (Å²) in [5.74, 6) is 0. The van der Waals surface area contributed by atoms with E-state index < -0.39 is 0 Å². The summed E-state index contributed by atoms with van der Waals surface area (Å²) in [6, 6.07) is 8.74. The zero-order chi connectivity index (χ0) is 12.4. The molecule has 0 aliphatic carbocycles. The van der Waals surface area contributed by atoms with E-state index in [4.69, 9.17) is 0 Å². The highest BCUT2D eigenvalue weighted by atomic mass is 79.9. The maximum atomic E-state index is 9.23. The van der Waals surface area contributed by atoms with Crippen LogP contribution in [0.2, 0.25) is 0 Å². The van der Waals surface area contributed by atoms with Gasteiger partial charge >= 0.3 is 0 Å². The van der Waals surface area contributed by atoms with Crippen molar-refractivity contribution in [2.45, 2.75) is 13.0 Å². The monoisotopic (exact) mass is 293 g/mol. The molecule has 0 saturated carbocycles. The van der Waals surface area contributed by atoms with Gasteiger partial charge in [-0.1, -0.05) is 6.07 Å². The van der Waals surface area contributed by atoms with Crippen LogP contribution in [0.1, 0.15) is 12.5 Å². The first-order valence-corrected chi connectivity index (χ1v) is 6.56. The van der Waals surface area contributed by atoms with Gasteiger partial charge in [0, 0.05) is 30.1 Å². The van der Waals surface area contributed by atoms with Crippen molar-refractivity contribution in [1.82, 2.24) is 4.90 Å². The first-order chi connectivity index (χ1) is 8.13. The molecule has 1 unspecified atom stereocenters. The van der Waals surface area contributed by atoms with E-state index in [-0.39, 0.29) is 0 Å². The second kappa shape index (κ2) is 5.07. The predicted molar refractivity (Wildman–Crippen MR) is 73.2 cm³/mol. The zero-order valence-electron chi connectivity index (χ0n) is 10.2. The van der Waals surface area contributed by atoms with Gasteiger partial charge in [0.15, 0.2) is 0 Å². The molecule has 0 aromatic heterocycles. The lowest BCUT2D eigenvalue weighted by molar-refractivity contribution is 0.234. The van der Waals surface area contributed by atoms with Crippen LogP contribution in [0.3, 0.4) is 0 Å². The van der Waals surface area contributed by atoms with Crippen molar-refractivity contribution in [3.8, 4) is 6.07 Å². The van der Waals surface area contributed by atoms with E-state index in [9.17, 15) is 5.26 Å². The largest absolute Gasteiger partial charge is 0.368 e. The van der Waals surface area contributed by atoms with Crippen molar-refractivity contribution < 1.29 is 0 Å². The first kappa shape index (κ1) is 12.4. The lowest BCUT2D eigenvalue weighted by Gasteiger charge is -2.39. The molecule has 17 heavy (non-hydrogen) atoms. The van der Waals surface area contributed by atoms with Crippen molar-refractivity contribution in [2.24, 2.45) is 0 Å². The molecule has 90 valence electrons. The number of piperazine rings is 1. The van der Waals surface area contributed by atoms with Crippen LogP contribution in [0.5, 0.6) is 0 Å². The molecule has 1 aliphatic heterocycles. The van der Waals surface area contributed by atoms with Crippen LogP contribution in [-0.2, 0) is 0 Å². The van der Waals surface area contributed by atoms with Crippen molar-refractivity contribution in [3.05, 3.63) is 28.2 Å². The van der Waals surface area contributed by atoms with Gasteiger partial charge in [0.1, 0.15) is 6.07 Å².